The number of hydrogen-bond donors (Lipinski definition) is 1. The maximum absolute atomic E-state index is 12.3. The molecule has 1 heterocycles. The van der Waals surface area contributed by atoms with Crippen molar-refractivity contribution in [3.8, 4) is 11.5 Å². The number of ether oxygens (including phenoxy) is 2. The molecular weight excluding hydrogens is 436 g/mol. The highest BCUT2D eigenvalue weighted by Crippen LogP contribution is 2.33. The Morgan fingerprint density at radius 3 is 2.67 bits per heavy atom. The van der Waals surface area contributed by atoms with Crippen LogP contribution in [-0.4, -0.2) is 50.1 Å². The molecule has 0 aliphatic carbocycles. The normalized spacial score (nSPS) is 18.3. The maximum Gasteiger partial charge on any atom is 0.573 e. The van der Waals surface area contributed by atoms with E-state index in [1.165, 1.54) is 12.1 Å². The quantitative estimate of drug-likeness (QED) is 0.730. The minimum atomic E-state index is -4.72. The summed E-state index contributed by atoms with van der Waals surface area (Å²) in [6, 6.07) is 4.74. The van der Waals surface area contributed by atoms with Gasteiger partial charge in [-0.3, -0.25) is 4.90 Å². The first kappa shape index (κ1) is 23.6. The van der Waals surface area contributed by atoms with Gasteiger partial charge in [0.2, 0.25) is 0 Å². The average molecular weight is 456 g/mol. The lowest BCUT2D eigenvalue weighted by Crippen LogP contribution is -2.50. The second-order valence-electron chi connectivity index (χ2n) is 5.08. The van der Waals surface area contributed by atoms with Crippen molar-refractivity contribution in [3.05, 3.63) is 22.7 Å². The molecule has 10 heteroatoms. The van der Waals surface area contributed by atoms with Crippen molar-refractivity contribution in [3.63, 3.8) is 0 Å². The van der Waals surface area contributed by atoms with E-state index in [1.807, 2.05) is 0 Å². The molecule has 0 spiro atoms. The van der Waals surface area contributed by atoms with Gasteiger partial charge in [-0.15, -0.1) is 38.0 Å². The Kier molecular flexibility index (Phi) is 10.4. The van der Waals surface area contributed by atoms with Crippen LogP contribution >= 0.6 is 40.7 Å². The molecule has 2 rings (SSSR count). The smallest absolute Gasteiger partial charge is 0.492 e. The van der Waals surface area contributed by atoms with E-state index in [9.17, 15) is 13.2 Å². The second-order valence-corrected chi connectivity index (χ2v) is 5.93. The predicted molar refractivity (Wildman–Crippen MR) is 94.7 cm³/mol. The van der Waals surface area contributed by atoms with Crippen molar-refractivity contribution in [1.29, 1.82) is 0 Å². The zero-order chi connectivity index (χ0) is 16.2. The molecule has 140 valence electrons. The van der Waals surface area contributed by atoms with Crippen LogP contribution < -0.4 is 14.8 Å². The van der Waals surface area contributed by atoms with Crippen LogP contribution in [0.4, 0.5) is 13.2 Å². The summed E-state index contributed by atoms with van der Waals surface area (Å²) in [4.78, 5) is 2.28. The minimum Gasteiger partial charge on any atom is -0.492 e. The molecule has 0 unspecified atom stereocenters. The molecule has 0 radical (unpaired) electrons. The SMILES string of the molecule is C[C@@H]1CNCCN1CCOc1ccc(Br)c(OC(F)(F)F)c1.Cl.Cl. The summed E-state index contributed by atoms with van der Waals surface area (Å²) in [5, 5.41) is 3.30. The molecule has 1 saturated heterocycles. The Hall–Kier alpha value is -0.410. The third-order valence-electron chi connectivity index (χ3n) is 3.41. The Labute approximate surface area is 160 Å². The van der Waals surface area contributed by atoms with E-state index in [-0.39, 0.29) is 35.0 Å². The Bertz CT molecular complexity index is 509. The number of alkyl halides is 3. The van der Waals surface area contributed by atoms with Gasteiger partial charge in [0, 0.05) is 38.3 Å². The molecule has 0 amide bonds. The van der Waals surface area contributed by atoms with Crippen LogP contribution in [0.2, 0.25) is 0 Å². The van der Waals surface area contributed by atoms with E-state index in [2.05, 4.69) is 37.8 Å². The van der Waals surface area contributed by atoms with Crippen molar-refractivity contribution in [2.45, 2.75) is 19.3 Å². The molecule has 1 fully saturated rings. The number of halogens is 6. The van der Waals surface area contributed by atoms with Gasteiger partial charge >= 0.3 is 6.36 Å². The molecule has 1 atom stereocenters. The van der Waals surface area contributed by atoms with Crippen LogP contribution in [-0.2, 0) is 0 Å². The minimum absolute atomic E-state index is 0. The largest absolute Gasteiger partial charge is 0.573 e. The third-order valence-corrected chi connectivity index (χ3v) is 4.07. The van der Waals surface area contributed by atoms with Gasteiger partial charge in [-0.25, -0.2) is 0 Å². The lowest BCUT2D eigenvalue weighted by molar-refractivity contribution is -0.274. The second kappa shape index (κ2) is 10.6. The van der Waals surface area contributed by atoms with Gasteiger partial charge in [-0.05, 0) is 35.0 Å². The summed E-state index contributed by atoms with van der Waals surface area (Å²) in [5.74, 6) is 0.0470. The topological polar surface area (TPSA) is 33.7 Å². The monoisotopic (exact) mass is 454 g/mol. The number of benzene rings is 1. The Morgan fingerprint density at radius 2 is 2.04 bits per heavy atom. The summed E-state index contributed by atoms with van der Waals surface area (Å²) in [7, 11) is 0. The zero-order valence-corrected chi connectivity index (χ0v) is 16.2. The van der Waals surface area contributed by atoms with Crippen LogP contribution in [0.5, 0.6) is 11.5 Å². The molecule has 1 aliphatic rings. The average Bonchev–Trinajstić information content (AvgIpc) is 2.43. The number of rotatable bonds is 5. The summed E-state index contributed by atoms with van der Waals surface area (Å²) >= 11 is 3.03. The van der Waals surface area contributed by atoms with Crippen LogP contribution in [0.15, 0.2) is 22.7 Å². The van der Waals surface area contributed by atoms with Gasteiger partial charge in [0.15, 0.2) is 0 Å². The Balaban J connectivity index is 0.00000264. The van der Waals surface area contributed by atoms with Gasteiger partial charge in [-0.1, -0.05) is 0 Å². The van der Waals surface area contributed by atoms with Crippen LogP contribution in [0.3, 0.4) is 0 Å². The Morgan fingerprint density at radius 1 is 1.33 bits per heavy atom. The molecule has 24 heavy (non-hydrogen) atoms. The number of nitrogens with zero attached hydrogens (tertiary/aromatic N) is 1. The zero-order valence-electron chi connectivity index (χ0n) is 12.9. The fraction of sp³-hybridized carbons (Fsp3) is 0.571. The summed E-state index contributed by atoms with van der Waals surface area (Å²) in [6.45, 7) is 6.08. The highest BCUT2D eigenvalue weighted by atomic mass is 79.9. The summed E-state index contributed by atoms with van der Waals surface area (Å²) in [5.41, 5.74) is 0. The fourth-order valence-electron chi connectivity index (χ4n) is 2.27. The highest BCUT2D eigenvalue weighted by molar-refractivity contribution is 9.10. The molecule has 0 aromatic heterocycles. The van der Waals surface area contributed by atoms with E-state index in [1.54, 1.807) is 6.07 Å². The van der Waals surface area contributed by atoms with Crippen molar-refractivity contribution in [2.24, 2.45) is 0 Å². The van der Waals surface area contributed by atoms with Crippen LogP contribution in [0, 0.1) is 0 Å². The van der Waals surface area contributed by atoms with Gasteiger partial charge in [0.1, 0.15) is 18.1 Å². The van der Waals surface area contributed by atoms with Crippen LogP contribution in [0.1, 0.15) is 6.92 Å². The van der Waals surface area contributed by atoms with E-state index in [0.717, 1.165) is 26.2 Å². The van der Waals surface area contributed by atoms with Gasteiger partial charge in [0.25, 0.3) is 0 Å². The van der Waals surface area contributed by atoms with Crippen molar-refractivity contribution in [1.82, 2.24) is 10.2 Å². The number of nitrogens with one attached hydrogen (secondary N) is 1. The van der Waals surface area contributed by atoms with Crippen LogP contribution in [0.25, 0.3) is 0 Å². The lowest BCUT2D eigenvalue weighted by atomic mass is 10.2. The predicted octanol–water partition coefficient (Wildman–Crippen LogP) is 3.86. The first-order chi connectivity index (χ1) is 10.3. The van der Waals surface area contributed by atoms with E-state index >= 15 is 0 Å². The van der Waals surface area contributed by atoms with Crippen molar-refractivity contribution < 1.29 is 22.6 Å². The van der Waals surface area contributed by atoms with Gasteiger partial charge in [0.05, 0.1) is 4.47 Å². The molecule has 1 aromatic carbocycles. The summed E-state index contributed by atoms with van der Waals surface area (Å²) in [6.07, 6.45) is -4.72. The van der Waals surface area contributed by atoms with Crippen molar-refractivity contribution >= 4 is 40.7 Å². The third kappa shape index (κ3) is 7.65. The van der Waals surface area contributed by atoms with Gasteiger partial charge < -0.3 is 14.8 Å². The molecule has 1 aromatic rings. The number of piperazine rings is 1. The lowest BCUT2D eigenvalue weighted by Gasteiger charge is -2.33. The first-order valence-electron chi connectivity index (χ1n) is 6.98. The standard InChI is InChI=1S/C14H18BrF3N2O2.2ClH/c1-10-9-19-4-5-20(10)6-7-21-11-2-3-12(15)13(8-11)22-14(16,17)18;;/h2-3,8,10,19H,4-7,9H2,1H3;2*1H/t10-;;/m1../s1. The van der Waals surface area contributed by atoms with Crippen molar-refractivity contribution in [2.75, 3.05) is 32.8 Å². The molecule has 0 saturated carbocycles. The van der Waals surface area contributed by atoms with Gasteiger partial charge in [-0.2, -0.15) is 0 Å². The molecule has 1 aliphatic heterocycles. The maximum atomic E-state index is 12.3. The molecule has 4 nitrogen and oxygen atoms in total. The van der Waals surface area contributed by atoms with E-state index in [0.29, 0.717) is 18.4 Å². The molecule has 1 N–H and O–H groups in total. The molecular formula is C14H20BrCl2F3N2O2. The fourth-order valence-corrected chi connectivity index (χ4v) is 2.60. The number of hydrogen-bond acceptors (Lipinski definition) is 4. The van der Waals surface area contributed by atoms with E-state index in [4.69, 9.17) is 4.74 Å². The van der Waals surface area contributed by atoms with E-state index < -0.39 is 6.36 Å². The first-order valence-corrected chi connectivity index (χ1v) is 7.77. The summed E-state index contributed by atoms with van der Waals surface area (Å²) < 4.78 is 46.6. The highest BCUT2D eigenvalue weighted by Gasteiger charge is 2.32. The molecule has 0 bridgehead atoms.